The second-order valence-electron chi connectivity index (χ2n) is 8.11. The Hall–Kier alpha value is -0.810. The van der Waals surface area contributed by atoms with Crippen LogP contribution in [0.25, 0.3) is 0 Å². The summed E-state index contributed by atoms with van der Waals surface area (Å²) in [6.07, 6.45) is 3.63. The number of nitrogens with zero attached hydrogens (tertiary/aromatic N) is 1. The molecule has 1 amide bonds. The zero-order valence-corrected chi connectivity index (χ0v) is 14.9. The highest BCUT2D eigenvalue weighted by molar-refractivity contribution is 5.68. The molecule has 0 aromatic rings. The van der Waals surface area contributed by atoms with E-state index in [1.165, 1.54) is 0 Å². The highest BCUT2D eigenvalue weighted by Gasteiger charge is 2.26. The Labute approximate surface area is 135 Å². The lowest BCUT2D eigenvalue weighted by atomic mass is 9.89. The molecule has 1 aliphatic rings. The van der Waals surface area contributed by atoms with Gasteiger partial charge in [0.05, 0.1) is 0 Å². The first kappa shape index (κ1) is 19.2. The monoisotopic (exact) mass is 314 g/mol. The fraction of sp³-hybridized carbons (Fsp3) is 0.941. The van der Waals surface area contributed by atoms with Crippen molar-refractivity contribution in [2.45, 2.75) is 71.9 Å². The molecule has 1 fully saturated rings. The third-order valence-corrected chi connectivity index (χ3v) is 4.04. The molecule has 1 atom stereocenters. The Morgan fingerprint density at radius 1 is 1.23 bits per heavy atom. The summed E-state index contributed by atoms with van der Waals surface area (Å²) in [4.78, 5) is 14.0. The van der Waals surface area contributed by atoms with Gasteiger partial charge in [0.25, 0.3) is 0 Å². The molecule has 0 aliphatic carbocycles. The molecule has 0 aromatic heterocycles. The van der Waals surface area contributed by atoms with Gasteiger partial charge in [0.15, 0.2) is 0 Å². The van der Waals surface area contributed by atoms with Crippen LogP contribution in [0.1, 0.15) is 60.3 Å². The number of hydrogen-bond donors (Lipinski definition) is 2. The maximum atomic E-state index is 12.1. The van der Waals surface area contributed by atoms with Crippen LogP contribution in [0.3, 0.4) is 0 Å². The molecule has 0 aromatic carbocycles. The molecule has 1 rings (SSSR count). The molecular weight excluding hydrogens is 280 g/mol. The minimum absolute atomic E-state index is 0.103. The summed E-state index contributed by atoms with van der Waals surface area (Å²) in [5.41, 5.74) is -0.332. The van der Waals surface area contributed by atoms with Crippen molar-refractivity contribution in [2.75, 3.05) is 26.2 Å². The second kappa shape index (κ2) is 8.16. The van der Waals surface area contributed by atoms with Gasteiger partial charge in [-0.05, 0) is 51.9 Å². The number of ether oxygens (including phenoxy) is 1. The Balaban J connectivity index is 2.41. The molecule has 1 aliphatic heterocycles. The molecular formula is C17H34N2O3. The number of nitrogens with one attached hydrogen (secondary N) is 1. The van der Waals surface area contributed by atoms with E-state index < -0.39 is 5.60 Å². The average molecular weight is 314 g/mol. The lowest BCUT2D eigenvalue weighted by molar-refractivity contribution is 0.0255. The van der Waals surface area contributed by atoms with Crippen molar-refractivity contribution >= 4 is 6.09 Å². The zero-order valence-electron chi connectivity index (χ0n) is 14.9. The van der Waals surface area contributed by atoms with E-state index in [0.717, 1.165) is 45.3 Å². The number of aliphatic hydroxyl groups excluding tert-OH is 1. The molecule has 5 nitrogen and oxygen atoms in total. The lowest BCUT2D eigenvalue weighted by Crippen LogP contribution is -2.39. The largest absolute Gasteiger partial charge is 0.444 e. The van der Waals surface area contributed by atoms with Crippen LogP contribution in [0.2, 0.25) is 0 Å². The lowest BCUT2D eigenvalue weighted by Gasteiger charge is -2.28. The van der Waals surface area contributed by atoms with Crippen LogP contribution in [0.15, 0.2) is 0 Å². The Morgan fingerprint density at radius 2 is 1.91 bits per heavy atom. The summed E-state index contributed by atoms with van der Waals surface area (Å²) in [5.74, 6) is 0. The number of hydrogen-bond acceptors (Lipinski definition) is 4. The van der Waals surface area contributed by atoms with Crippen molar-refractivity contribution in [3.8, 4) is 0 Å². The van der Waals surface area contributed by atoms with Crippen molar-refractivity contribution < 1.29 is 14.6 Å². The first-order valence-electron chi connectivity index (χ1n) is 8.45. The first-order valence-corrected chi connectivity index (χ1v) is 8.45. The topological polar surface area (TPSA) is 61.8 Å². The van der Waals surface area contributed by atoms with Gasteiger partial charge < -0.3 is 20.1 Å². The average Bonchev–Trinajstić information content (AvgIpc) is 2.60. The van der Waals surface area contributed by atoms with Gasteiger partial charge in [0, 0.05) is 32.3 Å². The van der Waals surface area contributed by atoms with Crippen molar-refractivity contribution in [3.63, 3.8) is 0 Å². The summed E-state index contributed by atoms with van der Waals surface area (Å²) in [7, 11) is 0. The number of amides is 1. The molecule has 0 bridgehead atoms. The van der Waals surface area contributed by atoms with Gasteiger partial charge in [-0.1, -0.05) is 13.8 Å². The Bertz CT molecular complexity index is 350. The Kier molecular flexibility index (Phi) is 7.13. The van der Waals surface area contributed by atoms with E-state index in [2.05, 4.69) is 19.2 Å². The highest BCUT2D eigenvalue weighted by Crippen LogP contribution is 2.20. The first-order chi connectivity index (χ1) is 10.1. The summed E-state index contributed by atoms with van der Waals surface area (Å²) in [6, 6.07) is 0.436. The van der Waals surface area contributed by atoms with E-state index in [-0.39, 0.29) is 18.1 Å². The minimum atomic E-state index is -0.435. The van der Waals surface area contributed by atoms with Gasteiger partial charge in [-0.3, -0.25) is 0 Å². The van der Waals surface area contributed by atoms with Crippen LogP contribution in [-0.4, -0.2) is 54.0 Å². The summed E-state index contributed by atoms with van der Waals surface area (Å²) < 4.78 is 5.45. The van der Waals surface area contributed by atoms with E-state index in [0.29, 0.717) is 6.04 Å². The van der Waals surface area contributed by atoms with Gasteiger partial charge in [-0.2, -0.15) is 0 Å². The van der Waals surface area contributed by atoms with Gasteiger partial charge in [-0.25, -0.2) is 4.79 Å². The van der Waals surface area contributed by atoms with Crippen molar-refractivity contribution in [2.24, 2.45) is 5.41 Å². The number of likely N-dealkylation sites (tertiary alicyclic amines) is 1. The van der Waals surface area contributed by atoms with Crippen molar-refractivity contribution in [1.29, 1.82) is 0 Å². The smallest absolute Gasteiger partial charge is 0.410 e. The summed E-state index contributed by atoms with van der Waals surface area (Å²) in [6.45, 7) is 12.7. The third kappa shape index (κ3) is 7.45. The molecule has 1 heterocycles. The van der Waals surface area contributed by atoms with E-state index >= 15 is 0 Å². The molecule has 0 saturated carbocycles. The Morgan fingerprint density at radius 3 is 2.50 bits per heavy atom. The van der Waals surface area contributed by atoms with Crippen molar-refractivity contribution in [3.05, 3.63) is 0 Å². The number of aliphatic hydroxyl groups is 1. The standard InChI is InChI=1S/C17H34N2O3/c1-16(2,3)22-15(21)19-10-6-7-14(8-11-19)18-13-17(4,5)9-12-20/h14,18,20H,6-13H2,1-5H3. The quantitative estimate of drug-likeness (QED) is 0.819. The molecule has 1 saturated heterocycles. The van der Waals surface area contributed by atoms with E-state index in [9.17, 15) is 4.79 Å². The van der Waals surface area contributed by atoms with Crippen LogP contribution in [0, 0.1) is 5.41 Å². The molecule has 130 valence electrons. The molecule has 2 N–H and O–H groups in total. The van der Waals surface area contributed by atoms with Gasteiger partial charge in [0.1, 0.15) is 5.60 Å². The zero-order chi connectivity index (χ0) is 16.8. The van der Waals surface area contributed by atoms with Gasteiger partial charge in [0.2, 0.25) is 0 Å². The van der Waals surface area contributed by atoms with Gasteiger partial charge >= 0.3 is 6.09 Å². The van der Waals surface area contributed by atoms with Crippen molar-refractivity contribution in [1.82, 2.24) is 10.2 Å². The van der Waals surface area contributed by atoms with E-state index in [1.807, 2.05) is 25.7 Å². The number of carbonyl (C=O) groups excluding carboxylic acids is 1. The summed E-state index contributed by atoms with van der Waals surface area (Å²) in [5, 5.41) is 12.7. The fourth-order valence-corrected chi connectivity index (χ4v) is 2.62. The second-order valence-corrected chi connectivity index (χ2v) is 8.11. The maximum absolute atomic E-state index is 12.1. The van der Waals surface area contributed by atoms with Gasteiger partial charge in [-0.15, -0.1) is 0 Å². The molecule has 0 spiro atoms. The van der Waals surface area contributed by atoms with E-state index in [4.69, 9.17) is 9.84 Å². The molecule has 0 radical (unpaired) electrons. The van der Waals surface area contributed by atoms with Crippen LogP contribution in [0.4, 0.5) is 4.79 Å². The maximum Gasteiger partial charge on any atom is 0.410 e. The SMILES string of the molecule is CC(C)(CCO)CNC1CCCN(C(=O)OC(C)(C)C)CC1. The van der Waals surface area contributed by atoms with Crippen LogP contribution in [0.5, 0.6) is 0 Å². The number of rotatable bonds is 5. The molecule has 5 heteroatoms. The van der Waals surface area contributed by atoms with Crippen LogP contribution >= 0.6 is 0 Å². The third-order valence-electron chi connectivity index (χ3n) is 4.04. The molecule has 22 heavy (non-hydrogen) atoms. The summed E-state index contributed by atoms with van der Waals surface area (Å²) >= 11 is 0. The predicted molar refractivity (Wildman–Crippen MR) is 88.9 cm³/mol. The normalized spacial score (nSPS) is 20.6. The van der Waals surface area contributed by atoms with Crippen LogP contribution in [-0.2, 0) is 4.74 Å². The molecule has 1 unspecified atom stereocenters. The van der Waals surface area contributed by atoms with Crippen LogP contribution < -0.4 is 5.32 Å². The highest BCUT2D eigenvalue weighted by atomic mass is 16.6. The minimum Gasteiger partial charge on any atom is -0.444 e. The number of carbonyl (C=O) groups is 1. The van der Waals surface area contributed by atoms with E-state index in [1.54, 1.807) is 0 Å². The predicted octanol–water partition coefficient (Wildman–Crippen LogP) is 2.77. The fourth-order valence-electron chi connectivity index (χ4n) is 2.62.